The number of carbonyl (C=O) groups excluding carboxylic acids is 1. The fourth-order valence-corrected chi connectivity index (χ4v) is 3.67. The third-order valence-electron chi connectivity index (χ3n) is 3.71. The molecule has 1 aliphatic heterocycles. The zero-order valence-corrected chi connectivity index (χ0v) is 10.7. The second kappa shape index (κ2) is 4.10. The van der Waals surface area contributed by atoms with Crippen molar-refractivity contribution >= 4 is 17.2 Å². The van der Waals surface area contributed by atoms with Crippen LogP contribution >= 0.6 is 11.3 Å². The lowest BCUT2D eigenvalue weighted by Crippen LogP contribution is -2.31. The number of aliphatic hydroxyl groups is 1. The van der Waals surface area contributed by atoms with Crippen LogP contribution < -0.4 is 0 Å². The number of nitrogens with zero attached hydrogens (tertiary/aromatic N) is 1. The van der Waals surface area contributed by atoms with Gasteiger partial charge in [-0.1, -0.05) is 0 Å². The first-order valence-electron chi connectivity index (χ1n) is 6.18. The van der Waals surface area contributed by atoms with Crippen LogP contribution in [0.25, 0.3) is 0 Å². The topological polar surface area (TPSA) is 40.5 Å². The number of amides is 1. The molecule has 1 N–H and O–H groups in total. The van der Waals surface area contributed by atoms with E-state index in [1.807, 2.05) is 4.90 Å². The van der Waals surface area contributed by atoms with Crippen molar-refractivity contribution in [2.24, 2.45) is 5.92 Å². The van der Waals surface area contributed by atoms with E-state index in [9.17, 15) is 9.90 Å². The lowest BCUT2D eigenvalue weighted by atomic mass is 10.2. The van der Waals surface area contributed by atoms with Crippen LogP contribution in [0.3, 0.4) is 0 Å². The highest BCUT2D eigenvalue weighted by molar-refractivity contribution is 7.12. The summed E-state index contributed by atoms with van der Waals surface area (Å²) in [5.74, 6) is 0.870. The van der Waals surface area contributed by atoms with E-state index < -0.39 is 0 Å². The van der Waals surface area contributed by atoms with Gasteiger partial charge in [0, 0.05) is 34.7 Å². The number of aliphatic hydroxyl groups excluding tert-OH is 1. The summed E-state index contributed by atoms with van der Waals surface area (Å²) in [5.41, 5.74) is 0. The first-order chi connectivity index (χ1) is 8.15. The maximum absolute atomic E-state index is 12.2. The minimum Gasteiger partial charge on any atom is -0.391 e. The Morgan fingerprint density at radius 1 is 1.53 bits per heavy atom. The molecule has 0 spiro atoms. The number of aryl methyl sites for hydroxylation is 1. The smallest absolute Gasteiger partial charge is 0.226 e. The number of rotatable bonds is 2. The Kier molecular flexibility index (Phi) is 2.71. The molecule has 0 aromatic carbocycles. The highest BCUT2D eigenvalue weighted by Gasteiger charge is 2.47. The number of thiophene rings is 1. The van der Waals surface area contributed by atoms with Gasteiger partial charge in [0.1, 0.15) is 0 Å². The van der Waals surface area contributed by atoms with Gasteiger partial charge in [0.15, 0.2) is 0 Å². The van der Waals surface area contributed by atoms with Crippen LogP contribution in [-0.4, -0.2) is 35.1 Å². The Morgan fingerprint density at radius 3 is 2.94 bits per heavy atom. The van der Waals surface area contributed by atoms with Gasteiger partial charge >= 0.3 is 0 Å². The molecule has 1 aromatic heterocycles. The number of hydrogen-bond acceptors (Lipinski definition) is 3. The molecule has 3 atom stereocenters. The highest BCUT2D eigenvalue weighted by atomic mass is 32.1. The summed E-state index contributed by atoms with van der Waals surface area (Å²) in [4.78, 5) is 16.7. The molecular formula is C13H17NO2S. The van der Waals surface area contributed by atoms with Crippen molar-refractivity contribution in [2.75, 3.05) is 13.1 Å². The molecule has 0 bridgehead atoms. The molecule has 3 nitrogen and oxygen atoms in total. The van der Waals surface area contributed by atoms with Crippen molar-refractivity contribution in [1.82, 2.24) is 4.90 Å². The van der Waals surface area contributed by atoms with Crippen molar-refractivity contribution in [3.8, 4) is 0 Å². The molecule has 2 aliphatic rings. The van der Waals surface area contributed by atoms with E-state index in [0.29, 0.717) is 12.5 Å². The van der Waals surface area contributed by atoms with Gasteiger partial charge in [0.05, 0.1) is 6.10 Å². The molecule has 4 heteroatoms. The predicted octanol–water partition coefficient (Wildman–Crippen LogP) is 1.75. The first-order valence-corrected chi connectivity index (χ1v) is 7.00. The van der Waals surface area contributed by atoms with Crippen molar-refractivity contribution in [1.29, 1.82) is 0 Å². The van der Waals surface area contributed by atoms with Crippen LogP contribution in [0.15, 0.2) is 12.1 Å². The monoisotopic (exact) mass is 251 g/mol. The lowest BCUT2D eigenvalue weighted by molar-refractivity contribution is -0.131. The largest absolute Gasteiger partial charge is 0.391 e. The summed E-state index contributed by atoms with van der Waals surface area (Å²) in [6.45, 7) is 3.36. The number of hydrogen-bond donors (Lipinski definition) is 1. The zero-order chi connectivity index (χ0) is 12.0. The SMILES string of the molecule is Cc1ccc(C2CC2C(=O)N2CC[C@H](O)C2)s1. The molecule has 2 fully saturated rings. The molecule has 2 heterocycles. The van der Waals surface area contributed by atoms with Crippen LogP contribution in [0.1, 0.15) is 28.5 Å². The van der Waals surface area contributed by atoms with Crippen LogP contribution in [0.2, 0.25) is 0 Å². The molecular weight excluding hydrogens is 234 g/mol. The van der Waals surface area contributed by atoms with E-state index in [4.69, 9.17) is 0 Å². The van der Waals surface area contributed by atoms with Crippen LogP contribution in [0.4, 0.5) is 0 Å². The van der Waals surface area contributed by atoms with Crippen LogP contribution in [0.5, 0.6) is 0 Å². The summed E-state index contributed by atoms with van der Waals surface area (Å²) < 4.78 is 0. The Morgan fingerprint density at radius 2 is 2.35 bits per heavy atom. The fraction of sp³-hybridized carbons (Fsp3) is 0.615. The zero-order valence-electron chi connectivity index (χ0n) is 9.93. The van der Waals surface area contributed by atoms with Crippen molar-refractivity contribution < 1.29 is 9.90 Å². The summed E-state index contributed by atoms with van der Waals surface area (Å²) >= 11 is 1.80. The molecule has 1 saturated carbocycles. The van der Waals surface area contributed by atoms with Gasteiger partial charge in [-0.3, -0.25) is 4.79 Å². The van der Waals surface area contributed by atoms with Crippen molar-refractivity contribution in [3.05, 3.63) is 21.9 Å². The minimum absolute atomic E-state index is 0.179. The number of likely N-dealkylation sites (tertiary alicyclic amines) is 1. The quantitative estimate of drug-likeness (QED) is 0.870. The normalized spacial score (nSPS) is 31.9. The number of carbonyl (C=O) groups is 1. The first kappa shape index (κ1) is 11.2. The van der Waals surface area contributed by atoms with Gasteiger partial charge < -0.3 is 10.0 Å². The van der Waals surface area contributed by atoms with E-state index >= 15 is 0 Å². The average molecular weight is 251 g/mol. The van der Waals surface area contributed by atoms with E-state index in [1.54, 1.807) is 11.3 Å². The Bertz CT molecular complexity index is 442. The second-order valence-electron chi connectivity index (χ2n) is 5.12. The van der Waals surface area contributed by atoms with E-state index in [-0.39, 0.29) is 17.9 Å². The molecule has 1 aromatic rings. The molecule has 1 aliphatic carbocycles. The molecule has 0 radical (unpaired) electrons. The molecule has 1 amide bonds. The maximum atomic E-state index is 12.2. The fourth-order valence-electron chi connectivity index (χ4n) is 2.61. The third-order valence-corrected chi connectivity index (χ3v) is 4.84. The Hall–Kier alpha value is -0.870. The lowest BCUT2D eigenvalue weighted by Gasteiger charge is -2.15. The maximum Gasteiger partial charge on any atom is 0.226 e. The van der Waals surface area contributed by atoms with E-state index in [0.717, 1.165) is 19.4 Å². The summed E-state index contributed by atoms with van der Waals surface area (Å²) in [5, 5.41) is 9.45. The van der Waals surface area contributed by atoms with Crippen LogP contribution in [-0.2, 0) is 4.79 Å². The molecule has 2 unspecified atom stereocenters. The summed E-state index contributed by atoms with van der Waals surface area (Å²) in [7, 11) is 0. The van der Waals surface area contributed by atoms with Gasteiger partial charge in [0.25, 0.3) is 0 Å². The predicted molar refractivity (Wildman–Crippen MR) is 67.1 cm³/mol. The van der Waals surface area contributed by atoms with Gasteiger partial charge in [-0.05, 0) is 31.9 Å². The summed E-state index contributed by atoms with van der Waals surface area (Å²) in [6.07, 6.45) is 1.42. The molecule has 3 rings (SSSR count). The van der Waals surface area contributed by atoms with Crippen LogP contribution in [0, 0.1) is 12.8 Å². The highest BCUT2D eigenvalue weighted by Crippen LogP contribution is 2.50. The van der Waals surface area contributed by atoms with Gasteiger partial charge in [0.2, 0.25) is 5.91 Å². The second-order valence-corrected chi connectivity index (χ2v) is 6.44. The standard InChI is InChI=1S/C13H17NO2S/c1-8-2-3-12(17-8)10-6-11(10)13(16)14-5-4-9(15)7-14/h2-3,9-11,15H,4-7H2,1H3/t9-,10?,11?/m0/s1. The van der Waals surface area contributed by atoms with Gasteiger partial charge in [-0.15, -0.1) is 11.3 Å². The molecule has 17 heavy (non-hydrogen) atoms. The number of β-amino-alcohol motifs (C(OH)–C–C–N with tert-alkyl or cyclic N) is 1. The third kappa shape index (κ3) is 2.11. The Labute approximate surface area is 105 Å². The Balaban J connectivity index is 1.63. The average Bonchev–Trinajstić information content (AvgIpc) is 2.79. The van der Waals surface area contributed by atoms with Crippen molar-refractivity contribution in [2.45, 2.75) is 31.8 Å². The van der Waals surface area contributed by atoms with Gasteiger partial charge in [-0.2, -0.15) is 0 Å². The molecule has 92 valence electrons. The van der Waals surface area contributed by atoms with E-state index in [1.165, 1.54) is 9.75 Å². The molecule has 1 saturated heterocycles. The minimum atomic E-state index is -0.305. The summed E-state index contributed by atoms with van der Waals surface area (Å²) in [6, 6.07) is 4.27. The van der Waals surface area contributed by atoms with E-state index in [2.05, 4.69) is 19.1 Å². The van der Waals surface area contributed by atoms with Gasteiger partial charge in [-0.25, -0.2) is 0 Å². The van der Waals surface area contributed by atoms with Crippen molar-refractivity contribution in [3.63, 3.8) is 0 Å².